The van der Waals surface area contributed by atoms with E-state index in [0.717, 1.165) is 40.0 Å². The molecule has 0 saturated heterocycles. The second-order valence-electron chi connectivity index (χ2n) is 9.15. The van der Waals surface area contributed by atoms with Crippen molar-refractivity contribution in [1.29, 1.82) is 0 Å². The first-order valence-electron chi connectivity index (χ1n) is 11.7. The van der Waals surface area contributed by atoms with Gasteiger partial charge in [-0.1, -0.05) is 50.3 Å². The Balaban J connectivity index is 1.51. The monoisotopic (exact) mass is 484 g/mol. The minimum atomic E-state index is -4.68. The van der Waals surface area contributed by atoms with Crippen molar-refractivity contribution < 1.29 is 13.2 Å². The molecule has 1 saturated carbocycles. The van der Waals surface area contributed by atoms with Crippen LogP contribution in [0, 0.1) is 5.92 Å². The lowest BCUT2D eigenvalue weighted by molar-refractivity contribution is -0.140. The summed E-state index contributed by atoms with van der Waals surface area (Å²) >= 11 is 0. The normalized spacial score (nSPS) is 14.9. The summed E-state index contributed by atoms with van der Waals surface area (Å²) in [6, 6.07) is 7.73. The van der Waals surface area contributed by atoms with Gasteiger partial charge in [0, 0.05) is 24.2 Å². The number of rotatable bonds is 6. The van der Waals surface area contributed by atoms with E-state index in [1.807, 2.05) is 24.3 Å². The van der Waals surface area contributed by atoms with Crippen LogP contribution in [0.1, 0.15) is 49.9 Å². The van der Waals surface area contributed by atoms with Crippen molar-refractivity contribution in [2.75, 3.05) is 11.5 Å². The Morgan fingerprint density at radius 1 is 1.03 bits per heavy atom. The Morgan fingerprint density at radius 3 is 2.40 bits per heavy atom. The number of para-hydroxylation sites is 1. The van der Waals surface area contributed by atoms with Gasteiger partial charge in [-0.05, 0) is 24.8 Å². The highest BCUT2D eigenvalue weighted by Crippen LogP contribution is 2.40. The number of nitrogens with zero attached hydrogens (tertiary/aromatic N) is 6. The molecule has 0 amide bonds. The summed E-state index contributed by atoms with van der Waals surface area (Å²) < 4.78 is 43.2. The smallest absolute Gasteiger partial charge is 0.383 e. The van der Waals surface area contributed by atoms with Crippen LogP contribution in [-0.2, 0) is 19.6 Å². The van der Waals surface area contributed by atoms with E-state index in [4.69, 9.17) is 16.6 Å². The van der Waals surface area contributed by atoms with E-state index in [1.165, 1.54) is 45.3 Å². The van der Waals surface area contributed by atoms with Crippen LogP contribution in [0.5, 0.6) is 0 Å². The number of nitrogen functional groups attached to an aromatic ring is 2. The SMILES string of the molecule is Cn1cc(-c2c(N)nc(-n3nc(CCCC4CCCC4)c4ccccc43)nc2N)c(C(F)(F)F)n1. The van der Waals surface area contributed by atoms with E-state index < -0.39 is 11.9 Å². The lowest BCUT2D eigenvalue weighted by Gasteiger charge is -2.12. The summed E-state index contributed by atoms with van der Waals surface area (Å²) in [6.07, 6.45) is 4.82. The molecule has 184 valence electrons. The Labute approximate surface area is 200 Å². The van der Waals surface area contributed by atoms with E-state index in [0.29, 0.717) is 0 Å². The fourth-order valence-corrected chi connectivity index (χ4v) is 5.06. The zero-order valence-electron chi connectivity index (χ0n) is 19.4. The molecule has 0 spiro atoms. The molecule has 0 radical (unpaired) electrons. The predicted octanol–water partition coefficient (Wildman–Crippen LogP) is 4.91. The van der Waals surface area contributed by atoms with Crippen LogP contribution in [0.25, 0.3) is 28.0 Å². The van der Waals surface area contributed by atoms with E-state index in [1.54, 1.807) is 4.68 Å². The molecule has 0 unspecified atom stereocenters. The molecule has 8 nitrogen and oxygen atoms in total. The van der Waals surface area contributed by atoms with Gasteiger partial charge in [-0.25, -0.2) is 0 Å². The highest BCUT2D eigenvalue weighted by Gasteiger charge is 2.38. The lowest BCUT2D eigenvalue weighted by atomic mass is 9.99. The van der Waals surface area contributed by atoms with Crippen molar-refractivity contribution in [3.8, 4) is 17.1 Å². The van der Waals surface area contributed by atoms with E-state index in [2.05, 4.69) is 15.1 Å². The number of halogens is 3. The zero-order valence-corrected chi connectivity index (χ0v) is 19.4. The van der Waals surface area contributed by atoms with Gasteiger partial charge < -0.3 is 11.5 Å². The first-order chi connectivity index (χ1) is 16.7. The first kappa shape index (κ1) is 23.1. The van der Waals surface area contributed by atoms with E-state index >= 15 is 0 Å². The van der Waals surface area contributed by atoms with Crippen molar-refractivity contribution in [3.05, 3.63) is 41.9 Å². The first-order valence-corrected chi connectivity index (χ1v) is 11.7. The molecular weight excluding hydrogens is 457 g/mol. The number of aryl methyl sites for hydroxylation is 2. The average Bonchev–Trinajstić information content (AvgIpc) is 3.53. The summed E-state index contributed by atoms with van der Waals surface area (Å²) in [5.74, 6) is 0.564. The van der Waals surface area contributed by atoms with Gasteiger partial charge in [-0.3, -0.25) is 4.68 Å². The molecule has 1 fully saturated rings. The molecule has 0 atom stereocenters. The number of hydrogen-bond donors (Lipinski definition) is 2. The van der Waals surface area contributed by atoms with Gasteiger partial charge in [-0.15, -0.1) is 0 Å². The molecule has 0 aliphatic heterocycles. The van der Waals surface area contributed by atoms with E-state index in [-0.39, 0.29) is 28.7 Å². The van der Waals surface area contributed by atoms with Gasteiger partial charge >= 0.3 is 6.18 Å². The molecule has 35 heavy (non-hydrogen) atoms. The number of aromatic nitrogens is 6. The highest BCUT2D eigenvalue weighted by molar-refractivity contribution is 5.86. The molecule has 1 aromatic carbocycles. The molecule has 0 bridgehead atoms. The fraction of sp³-hybridized carbons (Fsp3) is 0.417. The summed E-state index contributed by atoms with van der Waals surface area (Å²) in [5, 5.41) is 9.26. The summed E-state index contributed by atoms with van der Waals surface area (Å²) in [5.41, 5.74) is 12.5. The van der Waals surface area contributed by atoms with E-state index in [9.17, 15) is 13.2 Å². The second-order valence-corrected chi connectivity index (χ2v) is 9.15. The van der Waals surface area contributed by atoms with Crippen molar-refractivity contribution in [1.82, 2.24) is 29.5 Å². The average molecular weight is 485 g/mol. The molecule has 1 aliphatic carbocycles. The topological polar surface area (TPSA) is 113 Å². The molecule has 4 aromatic rings. The number of nitrogens with two attached hydrogens (primary N) is 2. The van der Waals surface area contributed by atoms with Gasteiger partial charge in [0.1, 0.15) is 11.6 Å². The zero-order chi connectivity index (χ0) is 24.7. The largest absolute Gasteiger partial charge is 0.435 e. The molecular formula is C24H27F3N8. The van der Waals surface area contributed by atoms with Crippen molar-refractivity contribution in [3.63, 3.8) is 0 Å². The summed E-state index contributed by atoms with van der Waals surface area (Å²) in [7, 11) is 1.39. The summed E-state index contributed by atoms with van der Waals surface area (Å²) in [4.78, 5) is 8.61. The molecule has 3 heterocycles. The minimum Gasteiger partial charge on any atom is -0.383 e. The number of hydrogen-bond acceptors (Lipinski definition) is 6. The van der Waals surface area contributed by atoms with Gasteiger partial charge in [0.15, 0.2) is 5.69 Å². The minimum absolute atomic E-state index is 0.0950. The third-order valence-corrected chi connectivity index (χ3v) is 6.67. The summed E-state index contributed by atoms with van der Waals surface area (Å²) in [6.45, 7) is 0. The van der Waals surface area contributed by atoms with Crippen molar-refractivity contribution in [2.45, 2.75) is 51.1 Å². The van der Waals surface area contributed by atoms with Gasteiger partial charge in [0.2, 0.25) is 0 Å². The Hall–Kier alpha value is -3.63. The van der Waals surface area contributed by atoms with Gasteiger partial charge in [0.25, 0.3) is 5.95 Å². The maximum atomic E-state index is 13.5. The quantitative estimate of drug-likeness (QED) is 0.402. The van der Waals surface area contributed by atoms with Crippen LogP contribution in [0.15, 0.2) is 30.5 Å². The van der Waals surface area contributed by atoms with Crippen molar-refractivity contribution in [2.24, 2.45) is 13.0 Å². The number of fused-ring (bicyclic) bond motifs is 1. The van der Waals surface area contributed by atoms with Crippen LogP contribution < -0.4 is 11.5 Å². The third kappa shape index (κ3) is 4.42. The van der Waals surface area contributed by atoms with Gasteiger partial charge in [-0.2, -0.15) is 38.0 Å². The highest BCUT2D eigenvalue weighted by atomic mass is 19.4. The van der Waals surface area contributed by atoms with Crippen LogP contribution in [-0.4, -0.2) is 29.5 Å². The molecule has 1 aliphatic rings. The predicted molar refractivity (Wildman–Crippen MR) is 128 cm³/mol. The van der Waals surface area contributed by atoms with Gasteiger partial charge in [0.05, 0.1) is 16.8 Å². The van der Waals surface area contributed by atoms with Crippen LogP contribution in [0.2, 0.25) is 0 Å². The number of alkyl halides is 3. The second kappa shape index (κ2) is 8.86. The maximum absolute atomic E-state index is 13.5. The Kier molecular flexibility index (Phi) is 5.86. The molecule has 11 heteroatoms. The molecule has 5 rings (SSSR count). The number of benzene rings is 1. The lowest BCUT2D eigenvalue weighted by Crippen LogP contribution is -2.12. The fourth-order valence-electron chi connectivity index (χ4n) is 5.06. The Morgan fingerprint density at radius 2 is 1.71 bits per heavy atom. The van der Waals surface area contributed by atoms with Crippen LogP contribution >= 0.6 is 0 Å². The van der Waals surface area contributed by atoms with Crippen LogP contribution in [0.4, 0.5) is 24.8 Å². The Bertz CT molecular complexity index is 1340. The maximum Gasteiger partial charge on any atom is 0.435 e. The standard InChI is InChI=1S/C24H27F3N8/c1-34-13-16(20(33-34)24(25,26)27)19-21(28)30-23(31-22(19)29)35-18-12-5-4-10-15(18)17(32-35)11-6-9-14-7-2-3-8-14/h4-5,10,12-14H,2-3,6-9,11H2,1H3,(H4,28,29,30,31). The van der Waals surface area contributed by atoms with Crippen molar-refractivity contribution >= 4 is 22.5 Å². The third-order valence-electron chi connectivity index (χ3n) is 6.67. The molecule has 3 aromatic heterocycles. The number of anilines is 2. The van der Waals surface area contributed by atoms with Crippen LogP contribution in [0.3, 0.4) is 0 Å². The molecule has 4 N–H and O–H groups in total.